The summed E-state index contributed by atoms with van der Waals surface area (Å²) >= 11 is 4.10. The lowest BCUT2D eigenvalue weighted by molar-refractivity contribution is -0.117. The van der Waals surface area contributed by atoms with Gasteiger partial charge in [0, 0.05) is 12.1 Å². The smallest absolute Gasteiger partial charge is 0.250 e. The molecule has 0 spiro atoms. The molecule has 0 aliphatic carbocycles. The second-order valence-electron chi connectivity index (χ2n) is 4.61. The lowest BCUT2D eigenvalue weighted by atomic mass is 10.1. The molecule has 0 saturated heterocycles. The molecule has 0 aliphatic heterocycles. The van der Waals surface area contributed by atoms with Crippen LogP contribution in [0, 0.1) is 0 Å². The van der Waals surface area contributed by atoms with Gasteiger partial charge in [-0.15, -0.1) is 0 Å². The van der Waals surface area contributed by atoms with Crippen LogP contribution in [0.2, 0.25) is 0 Å². The summed E-state index contributed by atoms with van der Waals surface area (Å²) in [6.07, 6.45) is 6.14. The van der Waals surface area contributed by atoms with Gasteiger partial charge in [-0.25, -0.2) is 0 Å². The lowest BCUT2D eigenvalue weighted by Gasteiger charge is -2.03. The number of allylic oxidation sites excluding steroid dienone is 1. The minimum absolute atomic E-state index is 0.177. The third-order valence-corrected chi connectivity index (χ3v) is 3.36. The Balaban J connectivity index is 0.00000232. The SMILES string of the molecule is C=C/C=c1/cc/c(=C/C(=C)C(=O)NCCCS)c(=C)c1=C.CC. The Kier molecular flexibility index (Phi) is 10.5. The van der Waals surface area contributed by atoms with Crippen LogP contribution in [-0.4, -0.2) is 18.2 Å². The van der Waals surface area contributed by atoms with Crippen LogP contribution in [0.4, 0.5) is 0 Å². The van der Waals surface area contributed by atoms with Crippen molar-refractivity contribution < 1.29 is 4.79 Å². The molecule has 0 bridgehead atoms. The van der Waals surface area contributed by atoms with Crippen molar-refractivity contribution in [2.24, 2.45) is 0 Å². The molecule has 124 valence electrons. The van der Waals surface area contributed by atoms with E-state index in [-0.39, 0.29) is 5.91 Å². The predicted octanol–water partition coefficient (Wildman–Crippen LogP) is 1.27. The van der Waals surface area contributed by atoms with E-state index in [1.165, 1.54) is 0 Å². The molecule has 1 N–H and O–H groups in total. The zero-order valence-electron chi connectivity index (χ0n) is 14.2. The van der Waals surface area contributed by atoms with Crippen LogP contribution < -0.4 is 26.2 Å². The molecule has 0 aromatic heterocycles. The third kappa shape index (κ3) is 6.74. The molecule has 0 radical (unpaired) electrons. The topological polar surface area (TPSA) is 29.1 Å². The number of benzene rings is 1. The summed E-state index contributed by atoms with van der Waals surface area (Å²) in [7, 11) is 0. The number of nitrogens with one attached hydrogen (secondary N) is 1. The first kappa shape index (κ1) is 21.0. The van der Waals surface area contributed by atoms with E-state index >= 15 is 0 Å². The molecule has 3 heteroatoms. The number of thiol groups is 1. The Morgan fingerprint density at radius 2 is 1.78 bits per heavy atom. The van der Waals surface area contributed by atoms with Gasteiger partial charge in [0.25, 0.3) is 5.91 Å². The Morgan fingerprint density at radius 3 is 2.35 bits per heavy atom. The van der Waals surface area contributed by atoms with Gasteiger partial charge in [-0.2, -0.15) is 12.6 Å². The normalized spacial score (nSPS) is 11.4. The van der Waals surface area contributed by atoms with E-state index in [2.05, 4.69) is 44.3 Å². The van der Waals surface area contributed by atoms with Crippen LogP contribution in [0.1, 0.15) is 20.3 Å². The molecule has 23 heavy (non-hydrogen) atoms. The molecule has 1 rings (SSSR count). The highest BCUT2D eigenvalue weighted by Crippen LogP contribution is 1.91. The highest BCUT2D eigenvalue weighted by molar-refractivity contribution is 7.80. The van der Waals surface area contributed by atoms with Gasteiger partial charge >= 0.3 is 0 Å². The van der Waals surface area contributed by atoms with Crippen LogP contribution in [0.3, 0.4) is 0 Å². The Hall–Kier alpha value is -2.00. The molecule has 1 amide bonds. The maximum atomic E-state index is 11.9. The second-order valence-corrected chi connectivity index (χ2v) is 5.05. The zero-order chi connectivity index (χ0) is 17.8. The second kappa shape index (κ2) is 11.6. The van der Waals surface area contributed by atoms with Gasteiger partial charge in [0.15, 0.2) is 0 Å². The van der Waals surface area contributed by atoms with E-state index in [0.29, 0.717) is 12.1 Å². The summed E-state index contributed by atoms with van der Waals surface area (Å²) in [5.41, 5.74) is 0.402. The minimum Gasteiger partial charge on any atom is -0.352 e. The van der Waals surface area contributed by atoms with Gasteiger partial charge < -0.3 is 5.32 Å². The molecule has 0 fully saturated rings. The van der Waals surface area contributed by atoms with Gasteiger partial charge in [-0.3, -0.25) is 4.79 Å². The Bertz CT molecular complexity index is 762. The largest absolute Gasteiger partial charge is 0.352 e. The molecule has 0 unspecified atom stereocenters. The van der Waals surface area contributed by atoms with Gasteiger partial charge in [0.2, 0.25) is 0 Å². The van der Waals surface area contributed by atoms with E-state index in [4.69, 9.17) is 0 Å². The van der Waals surface area contributed by atoms with Crippen molar-refractivity contribution in [2.75, 3.05) is 12.3 Å². The molecule has 2 nitrogen and oxygen atoms in total. The summed E-state index contributed by atoms with van der Waals surface area (Å²) in [5, 5.41) is 6.22. The predicted molar refractivity (Wildman–Crippen MR) is 107 cm³/mol. The highest BCUT2D eigenvalue weighted by atomic mass is 32.1. The molecule has 0 atom stereocenters. The summed E-state index contributed by atoms with van der Waals surface area (Å²) in [5.74, 6) is 0.564. The van der Waals surface area contributed by atoms with Gasteiger partial charge in [0.1, 0.15) is 0 Å². The number of hydrogen-bond acceptors (Lipinski definition) is 2. The van der Waals surface area contributed by atoms with Crippen molar-refractivity contribution in [2.45, 2.75) is 20.3 Å². The maximum absolute atomic E-state index is 11.9. The molecule has 0 heterocycles. The van der Waals surface area contributed by atoms with Crippen molar-refractivity contribution in [3.8, 4) is 0 Å². The van der Waals surface area contributed by atoms with Gasteiger partial charge in [-0.05, 0) is 39.1 Å². The summed E-state index contributed by atoms with van der Waals surface area (Å²) in [6.45, 7) is 20.1. The molecule has 1 aromatic carbocycles. The fourth-order valence-electron chi connectivity index (χ4n) is 1.80. The Morgan fingerprint density at radius 1 is 1.22 bits per heavy atom. The van der Waals surface area contributed by atoms with Crippen molar-refractivity contribution in [1.29, 1.82) is 0 Å². The molecular formula is C20H27NOS. The number of carbonyl (C=O) groups excluding carboxylic acids is 1. The van der Waals surface area contributed by atoms with Gasteiger partial charge in [0.05, 0.1) is 0 Å². The van der Waals surface area contributed by atoms with E-state index in [9.17, 15) is 4.79 Å². The van der Waals surface area contributed by atoms with E-state index in [0.717, 1.165) is 33.0 Å². The van der Waals surface area contributed by atoms with Crippen LogP contribution in [0.25, 0.3) is 25.3 Å². The quantitative estimate of drug-likeness (QED) is 0.459. The average molecular weight is 330 g/mol. The summed E-state index contributed by atoms with van der Waals surface area (Å²) in [4.78, 5) is 11.9. The van der Waals surface area contributed by atoms with Crippen molar-refractivity contribution in [1.82, 2.24) is 5.32 Å². The van der Waals surface area contributed by atoms with Crippen molar-refractivity contribution in [3.63, 3.8) is 0 Å². The summed E-state index contributed by atoms with van der Waals surface area (Å²) < 4.78 is 0. The first-order valence-electron chi connectivity index (χ1n) is 7.70. The highest BCUT2D eigenvalue weighted by Gasteiger charge is 2.02. The van der Waals surface area contributed by atoms with E-state index in [1.807, 2.05) is 32.1 Å². The average Bonchev–Trinajstić information content (AvgIpc) is 2.56. The van der Waals surface area contributed by atoms with E-state index in [1.54, 1.807) is 12.2 Å². The number of hydrogen-bond donors (Lipinski definition) is 2. The fraction of sp³-hybridized carbons (Fsp3) is 0.250. The molecule has 1 aromatic rings. The minimum atomic E-state index is -0.177. The molecular weight excluding hydrogens is 302 g/mol. The van der Waals surface area contributed by atoms with Crippen molar-refractivity contribution in [3.05, 3.63) is 57.8 Å². The summed E-state index contributed by atoms with van der Waals surface area (Å²) in [6, 6.07) is 3.83. The third-order valence-electron chi connectivity index (χ3n) is 3.04. The van der Waals surface area contributed by atoms with Crippen molar-refractivity contribution >= 4 is 43.8 Å². The number of amides is 1. The maximum Gasteiger partial charge on any atom is 0.250 e. The van der Waals surface area contributed by atoms with Crippen LogP contribution >= 0.6 is 12.6 Å². The van der Waals surface area contributed by atoms with Crippen LogP contribution in [-0.2, 0) is 4.79 Å². The fourth-order valence-corrected chi connectivity index (χ4v) is 1.95. The lowest BCUT2D eigenvalue weighted by Crippen LogP contribution is -2.46. The monoisotopic (exact) mass is 329 g/mol. The number of rotatable bonds is 6. The number of carbonyl (C=O) groups is 1. The zero-order valence-corrected chi connectivity index (χ0v) is 15.1. The first-order chi connectivity index (χ1) is 11.0. The van der Waals surface area contributed by atoms with Crippen LogP contribution in [0.5, 0.6) is 0 Å². The van der Waals surface area contributed by atoms with E-state index < -0.39 is 0 Å². The van der Waals surface area contributed by atoms with Gasteiger partial charge in [-0.1, -0.05) is 64.4 Å². The molecule has 0 aliphatic rings. The van der Waals surface area contributed by atoms with Crippen LogP contribution in [0.15, 0.2) is 36.9 Å². The standard InChI is InChI=1S/C18H21NOS.C2H6/c1-5-7-16-8-9-17(15(4)14(16)3)12-13(2)18(20)19-10-6-11-21;1-2/h5,7-9,12,21H,1-4,6,10-11H2,(H,19,20);1-2H3/b16-7-,17-12-;. The molecule has 0 saturated carbocycles. The first-order valence-corrected chi connectivity index (χ1v) is 8.34. The Labute approximate surface area is 144 Å².